The van der Waals surface area contributed by atoms with Crippen LogP contribution >= 0.6 is 15.9 Å². The van der Waals surface area contributed by atoms with Crippen molar-refractivity contribution in [2.45, 2.75) is 25.9 Å². The van der Waals surface area contributed by atoms with Crippen LogP contribution in [0.5, 0.6) is 0 Å². The van der Waals surface area contributed by atoms with E-state index in [0.29, 0.717) is 10.0 Å². The number of benzene rings is 1. The second kappa shape index (κ2) is 5.41. The van der Waals surface area contributed by atoms with Gasteiger partial charge in [-0.25, -0.2) is 4.39 Å². The molecule has 1 aromatic carbocycles. The minimum absolute atomic E-state index is 0.106. The lowest BCUT2D eigenvalue weighted by Crippen LogP contribution is -2.37. The normalized spacial score (nSPS) is 12.8. The van der Waals surface area contributed by atoms with Crippen molar-refractivity contribution in [1.82, 2.24) is 5.32 Å². The Morgan fingerprint density at radius 1 is 1.50 bits per heavy atom. The molecule has 0 spiro atoms. The summed E-state index contributed by atoms with van der Waals surface area (Å²) < 4.78 is 13.4. The van der Waals surface area contributed by atoms with Crippen LogP contribution in [-0.4, -0.2) is 11.9 Å². The Labute approximate surface area is 102 Å². The van der Waals surface area contributed by atoms with Gasteiger partial charge in [0.15, 0.2) is 0 Å². The van der Waals surface area contributed by atoms with Crippen molar-refractivity contribution in [3.05, 3.63) is 34.1 Å². The molecule has 0 radical (unpaired) electrons. The van der Waals surface area contributed by atoms with E-state index >= 15 is 0 Å². The number of halogens is 2. The van der Waals surface area contributed by atoms with E-state index in [1.807, 2.05) is 13.8 Å². The number of nitrogens with one attached hydrogen (secondary N) is 1. The van der Waals surface area contributed by atoms with E-state index in [-0.39, 0.29) is 11.9 Å². The van der Waals surface area contributed by atoms with Crippen LogP contribution in [0.3, 0.4) is 0 Å². The molecule has 3 N–H and O–H groups in total. The molecule has 0 aliphatic carbocycles. The van der Waals surface area contributed by atoms with Crippen molar-refractivity contribution in [3.8, 4) is 0 Å². The first-order valence-corrected chi connectivity index (χ1v) is 5.71. The van der Waals surface area contributed by atoms with Gasteiger partial charge in [0, 0.05) is 10.5 Å². The van der Waals surface area contributed by atoms with Crippen molar-refractivity contribution in [2.24, 2.45) is 5.73 Å². The number of hydrogen-bond acceptors (Lipinski definition) is 2. The fourth-order valence-electron chi connectivity index (χ4n) is 1.39. The van der Waals surface area contributed by atoms with Gasteiger partial charge in [0.1, 0.15) is 11.9 Å². The van der Waals surface area contributed by atoms with Gasteiger partial charge in [0.2, 0.25) is 5.91 Å². The Kier molecular flexibility index (Phi) is 4.44. The molecule has 0 bridgehead atoms. The largest absolute Gasteiger partial charge is 0.368 e. The molecule has 0 saturated heterocycles. The van der Waals surface area contributed by atoms with E-state index in [0.717, 1.165) is 0 Å². The van der Waals surface area contributed by atoms with Gasteiger partial charge in [-0.2, -0.15) is 0 Å². The highest BCUT2D eigenvalue weighted by atomic mass is 79.9. The van der Waals surface area contributed by atoms with Gasteiger partial charge in [0.05, 0.1) is 0 Å². The molecule has 1 aromatic rings. The molecular formula is C11H14BrFN2O. The van der Waals surface area contributed by atoms with Crippen LogP contribution in [0.15, 0.2) is 22.7 Å². The second-order valence-electron chi connectivity index (χ2n) is 3.82. The van der Waals surface area contributed by atoms with Crippen molar-refractivity contribution in [1.29, 1.82) is 0 Å². The molecule has 16 heavy (non-hydrogen) atoms. The summed E-state index contributed by atoms with van der Waals surface area (Å²) in [6, 6.07) is 3.65. The molecule has 1 atom stereocenters. The smallest absolute Gasteiger partial charge is 0.239 e. The third-order valence-corrected chi connectivity index (χ3v) is 2.74. The fourth-order valence-corrected chi connectivity index (χ4v) is 1.97. The molecule has 1 unspecified atom stereocenters. The van der Waals surface area contributed by atoms with Crippen LogP contribution in [-0.2, 0) is 4.79 Å². The van der Waals surface area contributed by atoms with E-state index in [2.05, 4.69) is 21.2 Å². The predicted octanol–water partition coefficient (Wildman–Crippen LogP) is 2.11. The van der Waals surface area contributed by atoms with Gasteiger partial charge in [-0.1, -0.05) is 22.0 Å². The zero-order chi connectivity index (χ0) is 12.3. The van der Waals surface area contributed by atoms with Gasteiger partial charge >= 0.3 is 0 Å². The zero-order valence-electron chi connectivity index (χ0n) is 9.13. The third-order valence-electron chi connectivity index (χ3n) is 2.06. The molecule has 3 nitrogen and oxygen atoms in total. The summed E-state index contributed by atoms with van der Waals surface area (Å²) in [5, 5.41) is 3.03. The number of rotatable bonds is 4. The predicted molar refractivity (Wildman–Crippen MR) is 64.3 cm³/mol. The van der Waals surface area contributed by atoms with Gasteiger partial charge in [-0.3, -0.25) is 10.1 Å². The maximum atomic E-state index is 12.9. The first-order valence-electron chi connectivity index (χ1n) is 4.92. The van der Waals surface area contributed by atoms with E-state index in [4.69, 9.17) is 5.73 Å². The van der Waals surface area contributed by atoms with Gasteiger partial charge in [-0.15, -0.1) is 0 Å². The fraction of sp³-hybridized carbons (Fsp3) is 0.364. The summed E-state index contributed by atoms with van der Waals surface area (Å²) in [6.45, 7) is 3.82. The molecule has 0 saturated carbocycles. The molecule has 5 heteroatoms. The number of primary amides is 1. The molecule has 0 fully saturated rings. The third kappa shape index (κ3) is 3.28. The second-order valence-corrected chi connectivity index (χ2v) is 4.68. The lowest BCUT2D eigenvalue weighted by atomic mass is 10.1. The number of hydrogen-bond donors (Lipinski definition) is 2. The molecular weight excluding hydrogens is 275 g/mol. The Balaban J connectivity index is 3.06. The van der Waals surface area contributed by atoms with Crippen LogP contribution in [0.4, 0.5) is 4.39 Å². The number of carbonyl (C=O) groups excluding carboxylic acids is 1. The average molecular weight is 289 g/mol. The van der Waals surface area contributed by atoms with Crippen molar-refractivity contribution in [3.63, 3.8) is 0 Å². The summed E-state index contributed by atoms with van der Waals surface area (Å²) in [5.41, 5.74) is 5.95. The van der Waals surface area contributed by atoms with E-state index in [9.17, 15) is 9.18 Å². The van der Waals surface area contributed by atoms with Crippen molar-refractivity contribution < 1.29 is 9.18 Å². The molecule has 0 aliphatic rings. The standard InChI is InChI=1S/C11H14BrFN2O/c1-6(2)15-10(11(14)16)8-4-3-7(13)5-9(8)12/h3-6,10,15H,1-2H3,(H2,14,16). The zero-order valence-corrected chi connectivity index (χ0v) is 10.7. The summed E-state index contributed by atoms with van der Waals surface area (Å²) in [5.74, 6) is -0.843. The number of amides is 1. The van der Waals surface area contributed by atoms with Crippen molar-refractivity contribution in [2.75, 3.05) is 0 Å². The molecule has 1 rings (SSSR count). The van der Waals surface area contributed by atoms with Crippen LogP contribution in [0.1, 0.15) is 25.5 Å². The Morgan fingerprint density at radius 2 is 2.12 bits per heavy atom. The highest BCUT2D eigenvalue weighted by molar-refractivity contribution is 9.10. The highest BCUT2D eigenvalue weighted by Crippen LogP contribution is 2.24. The van der Waals surface area contributed by atoms with Crippen LogP contribution < -0.4 is 11.1 Å². The SMILES string of the molecule is CC(C)NC(C(N)=O)c1ccc(F)cc1Br. The van der Waals surface area contributed by atoms with Gasteiger partial charge in [-0.05, 0) is 31.5 Å². The summed E-state index contributed by atoms with van der Waals surface area (Å²) in [6.07, 6.45) is 0. The molecule has 0 heterocycles. The Bertz CT molecular complexity index is 396. The molecule has 88 valence electrons. The van der Waals surface area contributed by atoms with Gasteiger partial charge in [0.25, 0.3) is 0 Å². The molecule has 0 aliphatic heterocycles. The summed E-state index contributed by atoms with van der Waals surface area (Å²) in [7, 11) is 0. The maximum Gasteiger partial charge on any atom is 0.239 e. The van der Waals surface area contributed by atoms with E-state index in [1.54, 1.807) is 6.07 Å². The molecule has 0 aromatic heterocycles. The van der Waals surface area contributed by atoms with Crippen LogP contribution in [0, 0.1) is 5.82 Å². The van der Waals surface area contributed by atoms with Crippen LogP contribution in [0.25, 0.3) is 0 Å². The molecule has 1 amide bonds. The topological polar surface area (TPSA) is 55.1 Å². The first kappa shape index (κ1) is 13.1. The quantitative estimate of drug-likeness (QED) is 0.892. The highest BCUT2D eigenvalue weighted by Gasteiger charge is 2.20. The van der Waals surface area contributed by atoms with E-state index < -0.39 is 11.9 Å². The van der Waals surface area contributed by atoms with Crippen molar-refractivity contribution >= 4 is 21.8 Å². The average Bonchev–Trinajstić information content (AvgIpc) is 2.14. The van der Waals surface area contributed by atoms with E-state index in [1.165, 1.54) is 12.1 Å². The minimum Gasteiger partial charge on any atom is -0.368 e. The maximum absolute atomic E-state index is 12.9. The summed E-state index contributed by atoms with van der Waals surface area (Å²) >= 11 is 3.22. The van der Waals surface area contributed by atoms with Crippen LogP contribution in [0.2, 0.25) is 0 Å². The Morgan fingerprint density at radius 3 is 2.56 bits per heavy atom. The lowest BCUT2D eigenvalue weighted by molar-refractivity contribution is -0.120. The number of nitrogens with two attached hydrogens (primary N) is 1. The lowest BCUT2D eigenvalue weighted by Gasteiger charge is -2.19. The minimum atomic E-state index is -0.616. The monoisotopic (exact) mass is 288 g/mol. The number of carbonyl (C=O) groups is 1. The summed E-state index contributed by atoms with van der Waals surface area (Å²) in [4.78, 5) is 11.3. The Hall–Kier alpha value is -0.940. The van der Waals surface area contributed by atoms with Gasteiger partial charge < -0.3 is 5.73 Å². The first-order chi connectivity index (χ1) is 7.41.